The van der Waals surface area contributed by atoms with Crippen LogP contribution in [0.25, 0.3) is 0 Å². The maximum atomic E-state index is 11.5. The molecule has 0 radical (unpaired) electrons. The third-order valence-corrected chi connectivity index (χ3v) is 3.21. The van der Waals surface area contributed by atoms with Crippen LogP contribution in [0.15, 0.2) is 36.5 Å². The molecule has 1 aromatic carbocycles. The number of ether oxygens (including phenoxy) is 2. The van der Waals surface area contributed by atoms with E-state index >= 15 is 0 Å². The Balaban J connectivity index is 2.16. The first-order valence-electron chi connectivity index (χ1n) is 7.05. The summed E-state index contributed by atoms with van der Waals surface area (Å²) in [5.41, 5.74) is 2.90. The molecule has 22 heavy (non-hydrogen) atoms. The molecule has 5 nitrogen and oxygen atoms in total. The van der Waals surface area contributed by atoms with Gasteiger partial charge in [-0.3, -0.25) is 4.79 Å². The molecule has 1 heterocycles. The van der Waals surface area contributed by atoms with Gasteiger partial charge < -0.3 is 14.8 Å². The largest absolute Gasteiger partial charge is 0.438 e. The molecule has 5 heteroatoms. The number of aromatic nitrogens is 1. The number of benzene rings is 1. The second-order valence-corrected chi connectivity index (χ2v) is 5.00. The number of carbonyl (C=O) groups is 1. The van der Waals surface area contributed by atoms with Crippen molar-refractivity contribution >= 4 is 5.91 Å². The van der Waals surface area contributed by atoms with Crippen LogP contribution < -0.4 is 10.1 Å². The number of hydrogen-bond acceptors (Lipinski definition) is 4. The Labute approximate surface area is 130 Å². The van der Waals surface area contributed by atoms with Gasteiger partial charge in [0.05, 0.1) is 0 Å². The molecule has 0 saturated carbocycles. The van der Waals surface area contributed by atoms with Crippen LogP contribution in [0.3, 0.4) is 0 Å². The maximum Gasteiger partial charge on any atom is 0.246 e. The Kier molecular flexibility index (Phi) is 5.49. The highest BCUT2D eigenvalue weighted by molar-refractivity contribution is 5.77. The fraction of sp³-hybridized carbons (Fsp3) is 0.294. The van der Waals surface area contributed by atoms with Gasteiger partial charge in [0, 0.05) is 25.4 Å². The van der Waals surface area contributed by atoms with Crippen molar-refractivity contribution < 1.29 is 14.3 Å². The molecular formula is C17H20N2O3. The summed E-state index contributed by atoms with van der Waals surface area (Å²) in [4.78, 5) is 15.8. The quantitative estimate of drug-likeness (QED) is 0.891. The zero-order valence-electron chi connectivity index (χ0n) is 13.1. The van der Waals surface area contributed by atoms with Crippen molar-refractivity contribution in [2.45, 2.75) is 20.4 Å². The minimum absolute atomic E-state index is 0.0351. The fourth-order valence-electron chi connectivity index (χ4n) is 2.08. The topological polar surface area (TPSA) is 60.5 Å². The first kappa shape index (κ1) is 16.0. The van der Waals surface area contributed by atoms with Crippen LogP contribution in [0, 0.1) is 13.8 Å². The highest BCUT2D eigenvalue weighted by Crippen LogP contribution is 2.29. The molecule has 1 aromatic heterocycles. The summed E-state index contributed by atoms with van der Waals surface area (Å²) in [7, 11) is 1.49. The Bertz CT molecular complexity index is 636. The number of hydrogen-bond donors (Lipinski definition) is 1. The molecule has 0 saturated heterocycles. The van der Waals surface area contributed by atoms with Crippen molar-refractivity contribution in [3.8, 4) is 11.6 Å². The van der Waals surface area contributed by atoms with E-state index in [0.717, 1.165) is 22.4 Å². The van der Waals surface area contributed by atoms with E-state index in [1.165, 1.54) is 7.11 Å². The van der Waals surface area contributed by atoms with Crippen LogP contribution in [0.2, 0.25) is 0 Å². The standard InChI is InChI=1S/C17H20N2O3/c1-12-6-4-7-13(2)16(12)22-17-14(8-5-9-18-17)10-19-15(20)11-21-3/h4-9H,10-11H2,1-3H3,(H,19,20). The van der Waals surface area contributed by atoms with Crippen LogP contribution in [0.5, 0.6) is 11.6 Å². The van der Waals surface area contributed by atoms with Crippen molar-refractivity contribution in [3.63, 3.8) is 0 Å². The predicted octanol–water partition coefficient (Wildman–Crippen LogP) is 2.75. The van der Waals surface area contributed by atoms with Crippen LogP contribution in [0.1, 0.15) is 16.7 Å². The molecule has 0 atom stereocenters. The minimum Gasteiger partial charge on any atom is -0.438 e. The van der Waals surface area contributed by atoms with E-state index in [1.54, 1.807) is 6.20 Å². The molecule has 2 aromatic rings. The number of amides is 1. The van der Waals surface area contributed by atoms with Crippen LogP contribution >= 0.6 is 0 Å². The molecule has 0 spiro atoms. The second kappa shape index (κ2) is 7.56. The van der Waals surface area contributed by atoms with Crippen molar-refractivity contribution in [3.05, 3.63) is 53.2 Å². The summed E-state index contributed by atoms with van der Waals surface area (Å²) in [6.07, 6.45) is 1.67. The third-order valence-electron chi connectivity index (χ3n) is 3.21. The van der Waals surface area contributed by atoms with Gasteiger partial charge in [0.2, 0.25) is 11.8 Å². The predicted molar refractivity (Wildman–Crippen MR) is 83.9 cm³/mol. The molecular weight excluding hydrogens is 280 g/mol. The smallest absolute Gasteiger partial charge is 0.246 e. The Hall–Kier alpha value is -2.40. The zero-order valence-corrected chi connectivity index (χ0v) is 13.1. The number of methoxy groups -OCH3 is 1. The van der Waals surface area contributed by atoms with Gasteiger partial charge in [0.15, 0.2) is 0 Å². The lowest BCUT2D eigenvalue weighted by molar-refractivity contribution is -0.124. The number of nitrogens with zero attached hydrogens (tertiary/aromatic N) is 1. The van der Waals surface area contributed by atoms with E-state index in [-0.39, 0.29) is 12.5 Å². The van der Waals surface area contributed by atoms with Gasteiger partial charge >= 0.3 is 0 Å². The summed E-state index contributed by atoms with van der Waals surface area (Å²) >= 11 is 0. The van der Waals surface area contributed by atoms with Crippen LogP contribution in [-0.2, 0) is 16.1 Å². The van der Waals surface area contributed by atoms with Crippen LogP contribution in [-0.4, -0.2) is 24.6 Å². The van der Waals surface area contributed by atoms with Crippen molar-refractivity contribution in [1.82, 2.24) is 10.3 Å². The normalized spacial score (nSPS) is 10.3. The number of rotatable bonds is 6. The number of pyridine rings is 1. The molecule has 0 aliphatic heterocycles. The fourth-order valence-corrected chi connectivity index (χ4v) is 2.08. The SMILES string of the molecule is COCC(=O)NCc1cccnc1Oc1c(C)cccc1C. The number of para-hydroxylation sites is 1. The van der Waals surface area contributed by atoms with Gasteiger partial charge in [-0.2, -0.15) is 0 Å². The van der Waals surface area contributed by atoms with Crippen LogP contribution in [0.4, 0.5) is 0 Å². The third kappa shape index (κ3) is 4.05. The molecule has 116 valence electrons. The Morgan fingerprint density at radius 2 is 1.91 bits per heavy atom. The van der Waals surface area contributed by atoms with E-state index in [0.29, 0.717) is 12.4 Å². The van der Waals surface area contributed by atoms with E-state index in [9.17, 15) is 4.79 Å². The minimum atomic E-state index is -0.177. The van der Waals surface area contributed by atoms with E-state index in [1.807, 2.05) is 44.2 Å². The lowest BCUT2D eigenvalue weighted by Crippen LogP contribution is -2.26. The highest BCUT2D eigenvalue weighted by Gasteiger charge is 2.11. The van der Waals surface area contributed by atoms with Gasteiger partial charge in [0.1, 0.15) is 12.4 Å². The molecule has 0 unspecified atom stereocenters. The van der Waals surface area contributed by atoms with E-state index < -0.39 is 0 Å². The second-order valence-electron chi connectivity index (χ2n) is 5.00. The molecule has 1 amide bonds. The summed E-state index contributed by atoms with van der Waals surface area (Å²) in [5, 5.41) is 2.77. The van der Waals surface area contributed by atoms with Gasteiger partial charge in [-0.1, -0.05) is 24.3 Å². The average molecular weight is 300 g/mol. The summed E-state index contributed by atoms with van der Waals surface area (Å²) in [6.45, 7) is 4.36. The Morgan fingerprint density at radius 3 is 2.59 bits per heavy atom. The van der Waals surface area contributed by atoms with Gasteiger partial charge in [-0.05, 0) is 31.0 Å². The lowest BCUT2D eigenvalue weighted by atomic mass is 10.1. The summed E-state index contributed by atoms with van der Waals surface area (Å²) < 4.78 is 10.8. The maximum absolute atomic E-state index is 11.5. The molecule has 0 fully saturated rings. The number of aryl methyl sites for hydroxylation is 2. The summed E-state index contributed by atoms with van der Waals surface area (Å²) in [5.74, 6) is 1.12. The van der Waals surface area contributed by atoms with E-state index in [2.05, 4.69) is 10.3 Å². The first-order valence-corrected chi connectivity index (χ1v) is 7.05. The summed E-state index contributed by atoms with van der Waals surface area (Å²) in [6, 6.07) is 9.66. The van der Waals surface area contributed by atoms with Crippen molar-refractivity contribution in [2.24, 2.45) is 0 Å². The molecule has 1 N–H and O–H groups in total. The molecule has 2 rings (SSSR count). The number of nitrogens with one attached hydrogen (secondary N) is 1. The van der Waals surface area contributed by atoms with Crippen molar-refractivity contribution in [1.29, 1.82) is 0 Å². The molecule has 0 bridgehead atoms. The van der Waals surface area contributed by atoms with Gasteiger partial charge in [-0.15, -0.1) is 0 Å². The van der Waals surface area contributed by atoms with Crippen molar-refractivity contribution in [2.75, 3.05) is 13.7 Å². The van der Waals surface area contributed by atoms with E-state index in [4.69, 9.17) is 9.47 Å². The monoisotopic (exact) mass is 300 g/mol. The average Bonchev–Trinajstić information content (AvgIpc) is 2.50. The first-order chi connectivity index (χ1) is 10.6. The molecule has 0 aliphatic rings. The van der Waals surface area contributed by atoms with Gasteiger partial charge in [0.25, 0.3) is 0 Å². The highest BCUT2D eigenvalue weighted by atomic mass is 16.5. The van der Waals surface area contributed by atoms with Gasteiger partial charge in [-0.25, -0.2) is 4.98 Å². The molecule has 0 aliphatic carbocycles. The Morgan fingerprint density at radius 1 is 1.18 bits per heavy atom. The number of carbonyl (C=O) groups excluding carboxylic acids is 1. The zero-order chi connectivity index (χ0) is 15.9. The lowest BCUT2D eigenvalue weighted by Gasteiger charge is -2.14.